The van der Waals surface area contributed by atoms with Crippen LogP contribution in [-0.2, 0) is 9.53 Å². The number of carbonyl (C=O) groups is 2. The number of amides is 1. The van der Waals surface area contributed by atoms with E-state index in [0.717, 1.165) is 10.9 Å². The van der Waals surface area contributed by atoms with Gasteiger partial charge in [0.15, 0.2) is 0 Å². The predicted molar refractivity (Wildman–Crippen MR) is 89.0 cm³/mol. The van der Waals surface area contributed by atoms with Gasteiger partial charge in [-0.15, -0.1) is 0 Å². The molecule has 0 aliphatic carbocycles. The van der Waals surface area contributed by atoms with Gasteiger partial charge in [-0.2, -0.15) is 0 Å². The lowest BCUT2D eigenvalue weighted by Crippen LogP contribution is -2.45. The van der Waals surface area contributed by atoms with Gasteiger partial charge in [-0.05, 0) is 18.1 Å². The maximum atomic E-state index is 12.4. The molecule has 5 nitrogen and oxygen atoms in total. The number of para-hydroxylation sites is 1. The van der Waals surface area contributed by atoms with Crippen molar-refractivity contribution in [1.82, 2.24) is 10.3 Å². The van der Waals surface area contributed by atoms with Gasteiger partial charge in [0.1, 0.15) is 18.3 Å². The summed E-state index contributed by atoms with van der Waals surface area (Å²) in [5.41, 5.74) is 1.00. The highest BCUT2D eigenvalue weighted by Crippen LogP contribution is 2.12. The molecule has 0 aliphatic rings. The molecular formula is C18H20N2O3. The van der Waals surface area contributed by atoms with Gasteiger partial charge in [0, 0.05) is 5.39 Å². The van der Waals surface area contributed by atoms with Gasteiger partial charge in [-0.1, -0.05) is 50.8 Å². The highest BCUT2D eigenvalue weighted by Gasteiger charge is 2.26. The average Bonchev–Trinajstić information content (AvgIpc) is 2.56. The number of nitrogens with one attached hydrogen (secondary N) is 1. The fourth-order valence-corrected chi connectivity index (χ4v) is 2.14. The highest BCUT2D eigenvalue weighted by atomic mass is 16.5. The van der Waals surface area contributed by atoms with E-state index in [1.54, 1.807) is 6.07 Å². The van der Waals surface area contributed by atoms with Crippen LogP contribution in [0.2, 0.25) is 0 Å². The topological polar surface area (TPSA) is 68.3 Å². The van der Waals surface area contributed by atoms with Crippen molar-refractivity contribution in [1.29, 1.82) is 0 Å². The summed E-state index contributed by atoms with van der Waals surface area (Å²) >= 11 is 0. The van der Waals surface area contributed by atoms with Crippen LogP contribution in [0.3, 0.4) is 0 Å². The number of ether oxygens (including phenoxy) is 1. The summed E-state index contributed by atoms with van der Waals surface area (Å²) in [6.45, 7) is 7.30. The molecule has 1 N–H and O–H groups in total. The van der Waals surface area contributed by atoms with Crippen molar-refractivity contribution >= 4 is 22.8 Å². The van der Waals surface area contributed by atoms with E-state index in [1.165, 1.54) is 6.08 Å². The van der Waals surface area contributed by atoms with Crippen molar-refractivity contribution in [3.05, 3.63) is 54.7 Å². The number of esters is 1. The number of benzene rings is 1. The summed E-state index contributed by atoms with van der Waals surface area (Å²) in [4.78, 5) is 28.7. The van der Waals surface area contributed by atoms with E-state index in [9.17, 15) is 9.59 Å². The summed E-state index contributed by atoms with van der Waals surface area (Å²) in [5.74, 6) is -0.976. The van der Waals surface area contributed by atoms with Crippen molar-refractivity contribution in [2.24, 2.45) is 5.92 Å². The van der Waals surface area contributed by atoms with E-state index in [4.69, 9.17) is 4.74 Å². The standard InChI is InChI=1S/C18H20N2O3/c1-4-11-23-18(22)16(12(2)3)20-17(21)15-10-9-13-7-5-6-8-14(13)19-15/h4-10,12,16H,1,11H2,2-3H3,(H,20,21)/t16-/m0/s1. The number of hydrogen-bond acceptors (Lipinski definition) is 4. The molecule has 0 bridgehead atoms. The monoisotopic (exact) mass is 312 g/mol. The van der Waals surface area contributed by atoms with Crippen molar-refractivity contribution in [3.8, 4) is 0 Å². The summed E-state index contributed by atoms with van der Waals surface area (Å²) in [6, 6.07) is 10.3. The largest absolute Gasteiger partial charge is 0.460 e. The van der Waals surface area contributed by atoms with E-state index < -0.39 is 17.9 Å². The molecule has 1 atom stereocenters. The minimum Gasteiger partial charge on any atom is -0.460 e. The van der Waals surface area contributed by atoms with Crippen LogP contribution in [-0.4, -0.2) is 29.5 Å². The Morgan fingerprint density at radius 3 is 2.70 bits per heavy atom. The van der Waals surface area contributed by atoms with Crippen LogP contribution in [0, 0.1) is 5.92 Å². The Kier molecular flexibility index (Phi) is 5.46. The van der Waals surface area contributed by atoms with Crippen LogP contribution in [0.25, 0.3) is 10.9 Å². The lowest BCUT2D eigenvalue weighted by Gasteiger charge is -2.20. The minimum absolute atomic E-state index is 0.100. The Hall–Kier alpha value is -2.69. The lowest BCUT2D eigenvalue weighted by molar-refractivity contribution is -0.145. The molecule has 2 aromatic rings. The van der Waals surface area contributed by atoms with Crippen molar-refractivity contribution in [2.45, 2.75) is 19.9 Å². The Morgan fingerprint density at radius 1 is 1.26 bits per heavy atom. The second-order valence-electron chi connectivity index (χ2n) is 5.50. The quantitative estimate of drug-likeness (QED) is 0.658. The smallest absolute Gasteiger partial charge is 0.329 e. The highest BCUT2D eigenvalue weighted by molar-refractivity contribution is 5.97. The molecule has 0 spiro atoms. The second kappa shape index (κ2) is 7.54. The first-order valence-corrected chi connectivity index (χ1v) is 7.47. The van der Waals surface area contributed by atoms with E-state index in [0.29, 0.717) is 0 Å². The SMILES string of the molecule is C=CCOC(=O)[C@@H](NC(=O)c1ccc2ccccc2n1)C(C)C. The molecule has 5 heteroatoms. The zero-order valence-corrected chi connectivity index (χ0v) is 13.3. The van der Waals surface area contributed by atoms with Gasteiger partial charge in [0.05, 0.1) is 5.52 Å². The zero-order chi connectivity index (χ0) is 16.8. The molecule has 0 aliphatic heterocycles. The first kappa shape index (κ1) is 16.7. The number of rotatable bonds is 6. The van der Waals surface area contributed by atoms with E-state index in [2.05, 4.69) is 16.9 Å². The number of pyridine rings is 1. The summed E-state index contributed by atoms with van der Waals surface area (Å²) in [5, 5.41) is 3.65. The third-order valence-corrected chi connectivity index (χ3v) is 3.38. The van der Waals surface area contributed by atoms with Crippen LogP contribution in [0.15, 0.2) is 49.1 Å². The molecule has 1 amide bonds. The minimum atomic E-state index is -0.726. The second-order valence-corrected chi connectivity index (χ2v) is 5.50. The first-order chi connectivity index (χ1) is 11.0. The van der Waals surface area contributed by atoms with Gasteiger partial charge in [-0.3, -0.25) is 4.79 Å². The lowest BCUT2D eigenvalue weighted by atomic mass is 10.0. The number of carbonyl (C=O) groups excluding carboxylic acids is 2. The zero-order valence-electron chi connectivity index (χ0n) is 13.3. The first-order valence-electron chi connectivity index (χ1n) is 7.47. The molecular weight excluding hydrogens is 292 g/mol. The van der Waals surface area contributed by atoms with E-state index >= 15 is 0 Å². The molecule has 23 heavy (non-hydrogen) atoms. The molecule has 1 heterocycles. The number of hydrogen-bond donors (Lipinski definition) is 1. The van der Waals surface area contributed by atoms with Crippen LogP contribution < -0.4 is 5.32 Å². The van der Waals surface area contributed by atoms with Crippen LogP contribution in [0.4, 0.5) is 0 Å². The summed E-state index contributed by atoms with van der Waals surface area (Å²) < 4.78 is 5.03. The molecule has 120 valence electrons. The molecule has 0 fully saturated rings. The fourth-order valence-electron chi connectivity index (χ4n) is 2.14. The number of nitrogens with zero attached hydrogens (tertiary/aromatic N) is 1. The Labute approximate surface area is 135 Å². The molecule has 0 unspecified atom stereocenters. The van der Waals surface area contributed by atoms with Gasteiger partial charge in [0.2, 0.25) is 0 Å². The predicted octanol–water partition coefficient (Wildman–Crippen LogP) is 2.72. The number of aromatic nitrogens is 1. The van der Waals surface area contributed by atoms with Gasteiger partial charge in [0.25, 0.3) is 5.91 Å². The van der Waals surface area contributed by atoms with E-state index in [1.807, 2.05) is 44.2 Å². The van der Waals surface area contributed by atoms with Crippen molar-refractivity contribution in [3.63, 3.8) is 0 Å². The third kappa shape index (κ3) is 4.16. The van der Waals surface area contributed by atoms with Crippen LogP contribution in [0.1, 0.15) is 24.3 Å². The van der Waals surface area contributed by atoms with Gasteiger partial charge in [-0.25, -0.2) is 9.78 Å². The summed E-state index contributed by atoms with van der Waals surface area (Å²) in [7, 11) is 0. The maximum absolute atomic E-state index is 12.4. The van der Waals surface area contributed by atoms with Crippen molar-refractivity contribution < 1.29 is 14.3 Å². The van der Waals surface area contributed by atoms with Gasteiger partial charge >= 0.3 is 5.97 Å². The molecule has 0 saturated carbocycles. The maximum Gasteiger partial charge on any atom is 0.329 e. The Morgan fingerprint density at radius 2 is 2.00 bits per heavy atom. The molecule has 2 rings (SSSR count). The number of fused-ring (bicyclic) bond motifs is 1. The summed E-state index contributed by atoms with van der Waals surface area (Å²) in [6.07, 6.45) is 1.49. The van der Waals surface area contributed by atoms with Crippen LogP contribution >= 0.6 is 0 Å². The molecule has 1 aromatic carbocycles. The van der Waals surface area contributed by atoms with Gasteiger partial charge < -0.3 is 10.1 Å². The van der Waals surface area contributed by atoms with Crippen molar-refractivity contribution in [2.75, 3.05) is 6.61 Å². The Bertz CT molecular complexity index is 725. The normalized spacial score (nSPS) is 12.0. The Balaban J connectivity index is 2.16. The average molecular weight is 312 g/mol. The fraction of sp³-hybridized carbons (Fsp3) is 0.278. The van der Waals surface area contributed by atoms with E-state index in [-0.39, 0.29) is 18.2 Å². The third-order valence-electron chi connectivity index (χ3n) is 3.38. The molecule has 0 radical (unpaired) electrons. The molecule has 1 aromatic heterocycles. The van der Waals surface area contributed by atoms with Crippen LogP contribution in [0.5, 0.6) is 0 Å². The molecule has 0 saturated heterocycles.